The first-order valence-electron chi connectivity index (χ1n) is 7.39. The summed E-state index contributed by atoms with van der Waals surface area (Å²) in [7, 11) is 0. The SMILES string of the molecule is Cc1ccc(CN[C@@H]2CC(Cn3cccn3)C[C@H]2O)nn1. The lowest BCUT2D eigenvalue weighted by Gasteiger charge is -2.15. The van der Waals surface area contributed by atoms with Gasteiger partial charge in [-0.3, -0.25) is 4.68 Å². The second kappa shape index (κ2) is 6.32. The lowest BCUT2D eigenvalue weighted by Crippen LogP contribution is -2.35. The third-order valence-electron chi connectivity index (χ3n) is 4.03. The average molecular weight is 287 g/mol. The zero-order valence-electron chi connectivity index (χ0n) is 12.2. The van der Waals surface area contributed by atoms with Crippen LogP contribution in [0.4, 0.5) is 0 Å². The first-order valence-corrected chi connectivity index (χ1v) is 7.39. The van der Waals surface area contributed by atoms with Crippen LogP contribution in [0.15, 0.2) is 30.6 Å². The summed E-state index contributed by atoms with van der Waals surface area (Å²) in [6.45, 7) is 3.43. The van der Waals surface area contributed by atoms with Gasteiger partial charge >= 0.3 is 0 Å². The molecule has 1 unspecified atom stereocenters. The van der Waals surface area contributed by atoms with Crippen molar-refractivity contribution in [2.75, 3.05) is 0 Å². The van der Waals surface area contributed by atoms with Crippen molar-refractivity contribution in [2.45, 2.75) is 45.0 Å². The van der Waals surface area contributed by atoms with Gasteiger partial charge in [-0.25, -0.2) is 0 Å². The fourth-order valence-corrected chi connectivity index (χ4v) is 2.92. The third kappa shape index (κ3) is 3.65. The molecule has 1 aliphatic carbocycles. The second-order valence-corrected chi connectivity index (χ2v) is 5.79. The van der Waals surface area contributed by atoms with E-state index in [2.05, 4.69) is 20.6 Å². The second-order valence-electron chi connectivity index (χ2n) is 5.79. The minimum Gasteiger partial charge on any atom is -0.391 e. The van der Waals surface area contributed by atoms with E-state index in [-0.39, 0.29) is 12.1 Å². The summed E-state index contributed by atoms with van der Waals surface area (Å²) in [6.07, 6.45) is 5.23. The molecular weight excluding hydrogens is 266 g/mol. The molecule has 0 bridgehead atoms. The van der Waals surface area contributed by atoms with Crippen LogP contribution < -0.4 is 5.32 Å². The average Bonchev–Trinajstić information content (AvgIpc) is 3.09. The highest BCUT2D eigenvalue weighted by atomic mass is 16.3. The molecule has 112 valence electrons. The highest BCUT2D eigenvalue weighted by molar-refractivity contribution is 5.05. The van der Waals surface area contributed by atoms with E-state index < -0.39 is 0 Å². The maximum atomic E-state index is 10.2. The van der Waals surface area contributed by atoms with Crippen molar-refractivity contribution in [3.8, 4) is 0 Å². The lowest BCUT2D eigenvalue weighted by atomic mass is 10.1. The molecule has 0 aromatic carbocycles. The van der Waals surface area contributed by atoms with Gasteiger partial charge in [0.2, 0.25) is 0 Å². The fraction of sp³-hybridized carbons (Fsp3) is 0.533. The highest BCUT2D eigenvalue weighted by Gasteiger charge is 2.32. The van der Waals surface area contributed by atoms with E-state index in [9.17, 15) is 5.11 Å². The summed E-state index contributed by atoms with van der Waals surface area (Å²) >= 11 is 0. The largest absolute Gasteiger partial charge is 0.391 e. The Morgan fingerprint density at radius 2 is 2.24 bits per heavy atom. The number of nitrogens with zero attached hydrogens (tertiary/aromatic N) is 4. The molecule has 0 spiro atoms. The van der Waals surface area contributed by atoms with E-state index in [0.29, 0.717) is 12.5 Å². The minimum absolute atomic E-state index is 0.119. The molecule has 0 amide bonds. The molecule has 1 aliphatic rings. The van der Waals surface area contributed by atoms with Crippen LogP contribution in [0.25, 0.3) is 0 Å². The van der Waals surface area contributed by atoms with Crippen molar-refractivity contribution in [1.29, 1.82) is 0 Å². The first kappa shape index (κ1) is 14.2. The molecule has 2 aromatic rings. The standard InChI is InChI=1S/C15H21N5O/c1-11-3-4-13(19-18-11)9-16-14-7-12(8-15(14)21)10-20-6-2-5-17-20/h2-6,12,14-16,21H,7-10H2,1H3/t12?,14-,15-/m1/s1. The van der Waals surface area contributed by atoms with Crippen molar-refractivity contribution in [3.63, 3.8) is 0 Å². The van der Waals surface area contributed by atoms with Crippen molar-refractivity contribution in [3.05, 3.63) is 42.0 Å². The van der Waals surface area contributed by atoms with Crippen LogP contribution in [0.1, 0.15) is 24.2 Å². The van der Waals surface area contributed by atoms with Gasteiger partial charge < -0.3 is 10.4 Å². The van der Waals surface area contributed by atoms with Crippen LogP contribution in [-0.4, -0.2) is 37.2 Å². The number of rotatable bonds is 5. The van der Waals surface area contributed by atoms with Crippen LogP contribution in [0, 0.1) is 12.8 Å². The van der Waals surface area contributed by atoms with Crippen molar-refractivity contribution in [1.82, 2.24) is 25.3 Å². The Bertz CT molecular complexity index is 554. The molecule has 2 aromatic heterocycles. The molecule has 2 heterocycles. The number of aryl methyl sites for hydroxylation is 1. The molecular formula is C15H21N5O. The number of hydrogen-bond donors (Lipinski definition) is 2. The molecule has 0 radical (unpaired) electrons. The van der Waals surface area contributed by atoms with Gasteiger partial charge in [0.25, 0.3) is 0 Å². The van der Waals surface area contributed by atoms with E-state index in [1.165, 1.54) is 0 Å². The fourth-order valence-electron chi connectivity index (χ4n) is 2.92. The maximum Gasteiger partial charge on any atom is 0.0769 e. The summed E-state index contributed by atoms with van der Waals surface area (Å²) in [4.78, 5) is 0. The summed E-state index contributed by atoms with van der Waals surface area (Å²) in [6, 6.07) is 5.97. The van der Waals surface area contributed by atoms with Gasteiger partial charge in [-0.2, -0.15) is 15.3 Å². The molecule has 3 atom stereocenters. The van der Waals surface area contributed by atoms with Crippen molar-refractivity contribution >= 4 is 0 Å². The third-order valence-corrected chi connectivity index (χ3v) is 4.03. The Morgan fingerprint density at radius 3 is 2.95 bits per heavy atom. The molecule has 21 heavy (non-hydrogen) atoms. The van der Waals surface area contributed by atoms with Gasteiger partial charge in [0, 0.05) is 31.5 Å². The van der Waals surface area contributed by atoms with E-state index in [1.807, 2.05) is 36.0 Å². The Balaban J connectivity index is 1.50. The summed E-state index contributed by atoms with van der Waals surface area (Å²) in [5.41, 5.74) is 1.82. The molecule has 2 N–H and O–H groups in total. The molecule has 0 saturated heterocycles. The van der Waals surface area contributed by atoms with Crippen LogP contribution in [0.2, 0.25) is 0 Å². The van der Waals surface area contributed by atoms with Gasteiger partial charge in [-0.05, 0) is 43.9 Å². The predicted molar refractivity (Wildman–Crippen MR) is 78.4 cm³/mol. The van der Waals surface area contributed by atoms with Gasteiger partial charge in [0.05, 0.1) is 17.5 Å². The number of nitrogens with one attached hydrogen (secondary N) is 1. The Labute approximate surface area is 124 Å². The summed E-state index contributed by atoms with van der Waals surface area (Å²) in [5, 5.41) is 26.0. The Morgan fingerprint density at radius 1 is 1.33 bits per heavy atom. The van der Waals surface area contributed by atoms with Crippen LogP contribution >= 0.6 is 0 Å². The van der Waals surface area contributed by atoms with Gasteiger partial charge in [0.1, 0.15) is 0 Å². The van der Waals surface area contributed by atoms with Crippen molar-refractivity contribution in [2.24, 2.45) is 5.92 Å². The topological polar surface area (TPSA) is 75.9 Å². The van der Waals surface area contributed by atoms with E-state index in [0.717, 1.165) is 30.8 Å². The number of aliphatic hydroxyl groups is 1. The van der Waals surface area contributed by atoms with E-state index >= 15 is 0 Å². The molecule has 6 heteroatoms. The number of aromatic nitrogens is 4. The van der Waals surface area contributed by atoms with Crippen LogP contribution in [0.3, 0.4) is 0 Å². The summed E-state index contributed by atoms with van der Waals surface area (Å²) < 4.78 is 1.94. The van der Waals surface area contributed by atoms with Crippen LogP contribution in [-0.2, 0) is 13.1 Å². The van der Waals surface area contributed by atoms with Crippen molar-refractivity contribution < 1.29 is 5.11 Å². The van der Waals surface area contributed by atoms with E-state index in [4.69, 9.17) is 0 Å². The smallest absolute Gasteiger partial charge is 0.0769 e. The van der Waals surface area contributed by atoms with Gasteiger partial charge in [0.15, 0.2) is 0 Å². The number of aliphatic hydroxyl groups excluding tert-OH is 1. The zero-order chi connectivity index (χ0) is 14.7. The molecule has 1 fully saturated rings. The summed E-state index contributed by atoms with van der Waals surface area (Å²) in [5.74, 6) is 0.460. The van der Waals surface area contributed by atoms with Gasteiger partial charge in [-0.15, -0.1) is 0 Å². The zero-order valence-corrected chi connectivity index (χ0v) is 12.2. The quantitative estimate of drug-likeness (QED) is 0.855. The minimum atomic E-state index is -0.302. The Hall–Kier alpha value is -1.79. The lowest BCUT2D eigenvalue weighted by molar-refractivity contribution is 0.145. The maximum absolute atomic E-state index is 10.2. The molecule has 6 nitrogen and oxygen atoms in total. The van der Waals surface area contributed by atoms with Gasteiger partial charge in [-0.1, -0.05) is 0 Å². The highest BCUT2D eigenvalue weighted by Crippen LogP contribution is 2.27. The molecule has 0 aliphatic heterocycles. The Kier molecular flexibility index (Phi) is 4.26. The number of hydrogen-bond acceptors (Lipinski definition) is 5. The first-order chi connectivity index (χ1) is 10.2. The van der Waals surface area contributed by atoms with Crippen LogP contribution in [0.5, 0.6) is 0 Å². The van der Waals surface area contributed by atoms with E-state index in [1.54, 1.807) is 6.20 Å². The monoisotopic (exact) mass is 287 g/mol. The normalized spacial score (nSPS) is 25.3. The predicted octanol–water partition coefficient (Wildman–Crippen LogP) is 0.911. The molecule has 3 rings (SSSR count). The molecule has 1 saturated carbocycles.